The Morgan fingerprint density at radius 1 is 1.05 bits per heavy atom. The lowest BCUT2D eigenvalue weighted by Gasteiger charge is -2.28. The quantitative estimate of drug-likeness (QED) is 0.896. The Hall–Kier alpha value is -2.04. The van der Waals surface area contributed by atoms with E-state index in [0.717, 1.165) is 0 Å². The number of carbonyl (C=O) groups is 2. The molecule has 0 aromatic heterocycles. The number of hydrogen-bond acceptors (Lipinski definition) is 3. The molecule has 21 heavy (non-hydrogen) atoms. The molecule has 116 valence electrons. The summed E-state index contributed by atoms with van der Waals surface area (Å²) in [5.74, 6) is -0.172. The number of nitrogens with one attached hydrogen (secondary N) is 2. The third kappa shape index (κ3) is 6.79. The van der Waals surface area contributed by atoms with E-state index < -0.39 is 17.2 Å². The first-order chi connectivity index (χ1) is 9.59. The first kappa shape index (κ1) is 17.0. The van der Waals surface area contributed by atoms with Crippen LogP contribution in [0.25, 0.3) is 0 Å². The molecule has 0 radical (unpaired) electrons. The number of ether oxygens (including phenoxy) is 1. The predicted octanol–water partition coefficient (Wildman–Crippen LogP) is 2.72. The summed E-state index contributed by atoms with van der Waals surface area (Å²) < 4.78 is 5.20. The van der Waals surface area contributed by atoms with Crippen molar-refractivity contribution >= 4 is 12.0 Å². The van der Waals surface area contributed by atoms with Crippen molar-refractivity contribution < 1.29 is 14.3 Å². The molecule has 0 atom stereocenters. The molecule has 1 rings (SSSR count). The summed E-state index contributed by atoms with van der Waals surface area (Å²) in [7, 11) is 0. The highest BCUT2D eigenvalue weighted by Gasteiger charge is 2.25. The first-order valence-corrected chi connectivity index (χ1v) is 6.93. The molecule has 2 amide bonds. The molecular formula is C16H24N2O3. The molecule has 0 unspecified atom stereocenters. The predicted molar refractivity (Wildman–Crippen MR) is 82.2 cm³/mol. The molecule has 0 aliphatic carbocycles. The van der Waals surface area contributed by atoms with Crippen LogP contribution in [0.15, 0.2) is 30.3 Å². The minimum absolute atomic E-state index is 0.172. The summed E-state index contributed by atoms with van der Waals surface area (Å²) >= 11 is 0. The van der Waals surface area contributed by atoms with Crippen LogP contribution in [0.2, 0.25) is 0 Å². The summed E-state index contributed by atoms with van der Waals surface area (Å²) in [6, 6.07) is 8.94. The number of alkyl carbamates (subject to hydrolysis) is 1. The lowest BCUT2D eigenvalue weighted by molar-refractivity contribution is 0.0469. The maximum absolute atomic E-state index is 12.0. The summed E-state index contributed by atoms with van der Waals surface area (Å²) in [6.07, 6.45) is -0.499. The molecule has 5 heteroatoms. The monoisotopic (exact) mass is 292 g/mol. The van der Waals surface area contributed by atoms with Crippen molar-refractivity contribution in [2.45, 2.75) is 45.8 Å². The largest absolute Gasteiger partial charge is 0.444 e. The third-order valence-electron chi connectivity index (χ3n) is 2.57. The van der Waals surface area contributed by atoms with E-state index in [1.165, 1.54) is 0 Å². The smallest absolute Gasteiger partial charge is 0.408 e. The van der Waals surface area contributed by atoms with E-state index in [-0.39, 0.29) is 5.91 Å². The standard InChI is InChI=1S/C16H24N2O3/c1-15(2,3)21-14(20)18-16(4,5)11-17-13(19)12-9-7-6-8-10-12/h6-10H,11H2,1-5H3,(H,17,19)(H,18,20). The second kappa shape index (κ2) is 6.61. The fraction of sp³-hybridized carbons (Fsp3) is 0.500. The molecule has 0 aliphatic rings. The average Bonchev–Trinajstić information content (AvgIpc) is 2.34. The molecule has 1 aromatic carbocycles. The fourth-order valence-corrected chi connectivity index (χ4v) is 1.62. The van der Waals surface area contributed by atoms with Crippen LogP contribution in [0.1, 0.15) is 45.0 Å². The van der Waals surface area contributed by atoms with Gasteiger partial charge in [0.05, 0.1) is 5.54 Å². The van der Waals surface area contributed by atoms with Crippen LogP contribution >= 0.6 is 0 Å². The highest BCUT2D eigenvalue weighted by Crippen LogP contribution is 2.09. The highest BCUT2D eigenvalue weighted by molar-refractivity contribution is 5.94. The van der Waals surface area contributed by atoms with Crippen LogP contribution in [0, 0.1) is 0 Å². The molecule has 5 nitrogen and oxygen atoms in total. The second-order valence-electron chi connectivity index (χ2n) is 6.56. The van der Waals surface area contributed by atoms with Gasteiger partial charge in [-0.3, -0.25) is 4.79 Å². The van der Waals surface area contributed by atoms with Crippen molar-refractivity contribution in [2.24, 2.45) is 0 Å². The lowest BCUT2D eigenvalue weighted by Crippen LogP contribution is -2.52. The number of rotatable bonds is 4. The summed E-state index contributed by atoms with van der Waals surface area (Å²) in [4.78, 5) is 23.7. The van der Waals surface area contributed by atoms with Gasteiger partial charge in [-0.2, -0.15) is 0 Å². The molecule has 2 N–H and O–H groups in total. The Balaban J connectivity index is 2.49. The number of benzene rings is 1. The minimum Gasteiger partial charge on any atom is -0.444 e. The van der Waals surface area contributed by atoms with Crippen molar-refractivity contribution in [3.8, 4) is 0 Å². The van der Waals surface area contributed by atoms with E-state index in [1.54, 1.807) is 45.0 Å². The van der Waals surface area contributed by atoms with Gasteiger partial charge in [-0.15, -0.1) is 0 Å². The third-order valence-corrected chi connectivity index (χ3v) is 2.57. The van der Waals surface area contributed by atoms with E-state index in [2.05, 4.69) is 10.6 Å². The summed E-state index contributed by atoms with van der Waals surface area (Å²) in [5, 5.41) is 5.54. The maximum Gasteiger partial charge on any atom is 0.408 e. The molecule has 0 aliphatic heterocycles. The van der Waals surface area contributed by atoms with Gasteiger partial charge in [0.25, 0.3) is 5.91 Å². The summed E-state index contributed by atoms with van der Waals surface area (Å²) in [6.45, 7) is 9.36. The molecule has 0 saturated carbocycles. The zero-order valence-electron chi connectivity index (χ0n) is 13.3. The van der Waals surface area contributed by atoms with Gasteiger partial charge in [0.1, 0.15) is 5.60 Å². The van der Waals surface area contributed by atoms with Gasteiger partial charge in [0, 0.05) is 12.1 Å². The zero-order valence-corrected chi connectivity index (χ0v) is 13.3. The van der Waals surface area contributed by atoms with Gasteiger partial charge in [0.15, 0.2) is 0 Å². The Bertz CT molecular complexity index is 490. The number of hydrogen-bond donors (Lipinski definition) is 2. The van der Waals surface area contributed by atoms with Crippen LogP contribution in [0.5, 0.6) is 0 Å². The molecule has 0 fully saturated rings. The molecule has 0 saturated heterocycles. The topological polar surface area (TPSA) is 67.4 Å². The number of amides is 2. The normalized spacial score (nSPS) is 11.7. The van der Waals surface area contributed by atoms with Crippen molar-refractivity contribution in [3.05, 3.63) is 35.9 Å². The van der Waals surface area contributed by atoms with Crippen LogP contribution in [-0.2, 0) is 4.74 Å². The van der Waals surface area contributed by atoms with Gasteiger partial charge in [0.2, 0.25) is 0 Å². The number of carbonyl (C=O) groups excluding carboxylic acids is 2. The van der Waals surface area contributed by atoms with Crippen molar-refractivity contribution in [1.29, 1.82) is 0 Å². The van der Waals surface area contributed by atoms with Crippen molar-refractivity contribution in [2.75, 3.05) is 6.54 Å². The Kier molecular flexibility index (Phi) is 5.35. The highest BCUT2D eigenvalue weighted by atomic mass is 16.6. The average molecular weight is 292 g/mol. The van der Waals surface area contributed by atoms with Crippen LogP contribution in [-0.4, -0.2) is 29.7 Å². The SMILES string of the molecule is CC(C)(CNC(=O)c1ccccc1)NC(=O)OC(C)(C)C. The molecule has 0 heterocycles. The van der Waals surface area contributed by atoms with Crippen molar-refractivity contribution in [3.63, 3.8) is 0 Å². The van der Waals surface area contributed by atoms with Gasteiger partial charge >= 0.3 is 6.09 Å². The van der Waals surface area contributed by atoms with E-state index in [1.807, 2.05) is 19.9 Å². The van der Waals surface area contributed by atoms with E-state index in [4.69, 9.17) is 4.74 Å². The second-order valence-corrected chi connectivity index (χ2v) is 6.56. The molecule has 1 aromatic rings. The molecular weight excluding hydrogens is 268 g/mol. The summed E-state index contributed by atoms with van der Waals surface area (Å²) in [5.41, 5.74) is -0.564. The zero-order chi connectivity index (χ0) is 16.1. The van der Waals surface area contributed by atoms with Crippen LogP contribution in [0.4, 0.5) is 4.79 Å². The van der Waals surface area contributed by atoms with Gasteiger partial charge < -0.3 is 15.4 Å². The Morgan fingerprint density at radius 2 is 1.62 bits per heavy atom. The molecule has 0 bridgehead atoms. The van der Waals surface area contributed by atoms with Gasteiger partial charge in [-0.05, 0) is 46.8 Å². The van der Waals surface area contributed by atoms with Gasteiger partial charge in [-0.25, -0.2) is 4.79 Å². The van der Waals surface area contributed by atoms with E-state index in [9.17, 15) is 9.59 Å². The Morgan fingerprint density at radius 3 is 2.14 bits per heavy atom. The van der Waals surface area contributed by atoms with Crippen molar-refractivity contribution in [1.82, 2.24) is 10.6 Å². The van der Waals surface area contributed by atoms with Crippen LogP contribution < -0.4 is 10.6 Å². The lowest BCUT2D eigenvalue weighted by atomic mass is 10.1. The van der Waals surface area contributed by atoms with E-state index in [0.29, 0.717) is 12.1 Å². The van der Waals surface area contributed by atoms with Crippen LogP contribution in [0.3, 0.4) is 0 Å². The van der Waals surface area contributed by atoms with Gasteiger partial charge in [-0.1, -0.05) is 18.2 Å². The maximum atomic E-state index is 12.0. The minimum atomic E-state index is -0.604. The first-order valence-electron chi connectivity index (χ1n) is 6.93. The fourth-order valence-electron chi connectivity index (χ4n) is 1.62. The van der Waals surface area contributed by atoms with E-state index >= 15 is 0 Å². The molecule has 0 spiro atoms. The Labute approximate surface area is 126 Å².